The van der Waals surface area contributed by atoms with Crippen LogP contribution in [-0.2, 0) is 6.54 Å². The Balaban J connectivity index is 1.58. The van der Waals surface area contributed by atoms with E-state index in [-0.39, 0.29) is 0 Å². The zero-order valence-corrected chi connectivity index (χ0v) is 13.0. The average Bonchev–Trinajstić information content (AvgIpc) is 2.95. The van der Waals surface area contributed by atoms with E-state index < -0.39 is 0 Å². The molecule has 1 saturated heterocycles. The fourth-order valence-electron chi connectivity index (χ4n) is 2.57. The molecule has 6 heteroatoms. The fraction of sp³-hybridized carbons (Fsp3) is 0.333. The zero-order valence-electron chi connectivity index (χ0n) is 11.5. The molecule has 2 aromatic rings. The summed E-state index contributed by atoms with van der Waals surface area (Å²) in [4.78, 5) is 10.3. The van der Waals surface area contributed by atoms with E-state index in [0.29, 0.717) is 16.1 Å². The van der Waals surface area contributed by atoms with E-state index in [2.05, 4.69) is 20.2 Å². The van der Waals surface area contributed by atoms with Gasteiger partial charge in [0.2, 0.25) is 0 Å². The summed E-state index contributed by atoms with van der Waals surface area (Å²) in [5.41, 5.74) is 2.15. The van der Waals surface area contributed by atoms with Gasteiger partial charge in [-0.05, 0) is 24.6 Å². The predicted molar refractivity (Wildman–Crippen MR) is 86.0 cm³/mol. The minimum Gasteiger partial charge on any atom is -0.369 e. The lowest BCUT2D eigenvalue weighted by Crippen LogP contribution is -2.32. The van der Waals surface area contributed by atoms with Crippen LogP contribution < -0.4 is 10.2 Å². The number of anilines is 1. The molecule has 0 spiro atoms. The smallest absolute Gasteiger partial charge is 0.115 e. The maximum absolute atomic E-state index is 6.27. The molecule has 0 amide bonds. The van der Waals surface area contributed by atoms with Crippen molar-refractivity contribution < 1.29 is 0 Å². The largest absolute Gasteiger partial charge is 0.369 e. The third-order valence-electron chi connectivity index (χ3n) is 3.65. The second-order valence-corrected chi connectivity index (χ2v) is 6.00. The summed E-state index contributed by atoms with van der Waals surface area (Å²) in [6.07, 6.45) is 6.31. The molecule has 4 nitrogen and oxygen atoms in total. The van der Waals surface area contributed by atoms with Crippen molar-refractivity contribution in [3.8, 4) is 0 Å². The Morgan fingerprint density at radius 3 is 2.81 bits per heavy atom. The number of rotatable bonds is 4. The van der Waals surface area contributed by atoms with Crippen molar-refractivity contribution in [3.05, 3.63) is 52.5 Å². The first kappa shape index (κ1) is 14.6. The van der Waals surface area contributed by atoms with Gasteiger partial charge in [-0.3, -0.25) is 0 Å². The minimum atomic E-state index is 0.442. The van der Waals surface area contributed by atoms with Gasteiger partial charge in [-0.15, -0.1) is 0 Å². The van der Waals surface area contributed by atoms with Crippen LogP contribution >= 0.6 is 23.2 Å². The Morgan fingerprint density at radius 2 is 2.05 bits per heavy atom. The number of hydrogen-bond donors (Lipinski definition) is 1. The van der Waals surface area contributed by atoms with Crippen molar-refractivity contribution in [1.82, 2.24) is 15.3 Å². The first-order valence-corrected chi connectivity index (χ1v) is 7.65. The van der Waals surface area contributed by atoms with Crippen LogP contribution in [0, 0.1) is 0 Å². The number of benzene rings is 1. The number of hydrogen-bond acceptors (Lipinski definition) is 4. The Hall–Kier alpha value is -1.36. The van der Waals surface area contributed by atoms with Crippen molar-refractivity contribution in [2.75, 3.05) is 18.0 Å². The van der Waals surface area contributed by atoms with Gasteiger partial charge in [0, 0.05) is 48.7 Å². The van der Waals surface area contributed by atoms with Gasteiger partial charge in [0.1, 0.15) is 6.33 Å². The summed E-state index contributed by atoms with van der Waals surface area (Å²) in [6.45, 7) is 2.72. The Labute approximate surface area is 134 Å². The van der Waals surface area contributed by atoms with Gasteiger partial charge in [-0.2, -0.15) is 0 Å². The zero-order chi connectivity index (χ0) is 14.7. The molecule has 0 radical (unpaired) electrons. The van der Waals surface area contributed by atoms with E-state index >= 15 is 0 Å². The van der Waals surface area contributed by atoms with Crippen LogP contribution in [0.3, 0.4) is 0 Å². The molecule has 3 rings (SSSR count). The third kappa shape index (κ3) is 3.64. The molecule has 1 aromatic carbocycles. The summed E-state index contributed by atoms with van der Waals surface area (Å²) in [6, 6.07) is 6.10. The molecule has 1 N–H and O–H groups in total. The lowest BCUT2D eigenvalue weighted by atomic mass is 10.2. The lowest BCUT2D eigenvalue weighted by Gasteiger charge is -2.20. The van der Waals surface area contributed by atoms with E-state index in [9.17, 15) is 0 Å². The number of halogens is 2. The molecule has 110 valence electrons. The van der Waals surface area contributed by atoms with Crippen LogP contribution in [0.1, 0.15) is 12.0 Å². The Morgan fingerprint density at radius 1 is 1.24 bits per heavy atom. The highest BCUT2D eigenvalue weighted by Gasteiger charge is 2.23. The summed E-state index contributed by atoms with van der Waals surface area (Å²) in [7, 11) is 0. The third-order valence-corrected chi connectivity index (χ3v) is 4.19. The van der Waals surface area contributed by atoms with Gasteiger partial charge in [0.05, 0.1) is 10.7 Å². The van der Waals surface area contributed by atoms with E-state index in [1.165, 1.54) is 0 Å². The maximum atomic E-state index is 6.27. The van der Waals surface area contributed by atoms with Crippen LogP contribution in [0.5, 0.6) is 0 Å². The Kier molecular flexibility index (Phi) is 4.58. The van der Waals surface area contributed by atoms with E-state index in [4.69, 9.17) is 23.2 Å². The monoisotopic (exact) mass is 322 g/mol. The van der Waals surface area contributed by atoms with Gasteiger partial charge in [0.25, 0.3) is 0 Å². The van der Waals surface area contributed by atoms with Crippen molar-refractivity contribution >= 4 is 28.9 Å². The van der Waals surface area contributed by atoms with Crippen LogP contribution in [0.4, 0.5) is 5.69 Å². The second kappa shape index (κ2) is 6.60. The van der Waals surface area contributed by atoms with Crippen molar-refractivity contribution in [2.24, 2.45) is 0 Å². The van der Waals surface area contributed by atoms with E-state index in [0.717, 1.165) is 37.3 Å². The van der Waals surface area contributed by atoms with Crippen molar-refractivity contribution in [3.63, 3.8) is 0 Å². The summed E-state index contributed by atoms with van der Waals surface area (Å²) >= 11 is 12.2. The first-order chi connectivity index (χ1) is 10.2. The van der Waals surface area contributed by atoms with Gasteiger partial charge >= 0.3 is 0 Å². The molecule has 0 saturated carbocycles. The summed E-state index contributed by atoms with van der Waals surface area (Å²) < 4.78 is 0. The molecule has 0 unspecified atom stereocenters. The van der Waals surface area contributed by atoms with Gasteiger partial charge in [-0.1, -0.05) is 23.2 Å². The standard InChI is InChI=1S/C15H16Cl2N4/c16-12-1-2-15(14(17)5-12)21-4-3-13(9-21)20-8-11-6-18-10-19-7-11/h1-2,5-7,10,13,20H,3-4,8-9H2/t13-/m1/s1. The quantitative estimate of drug-likeness (QED) is 0.938. The van der Waals surface area contributed by atoms with Crippen molar-refractivity contribution in [2.45, 2.75) is 19.0 Å². The average molecular weight is 323 g/mol. The maximum Gasteiger partial charge on any atom is 0.115 e. The van der Waals surface area contributed by atoms with Crippen LogP contribution in [0.15, 0.2) is 36.9 Å². The predicted octanol–water partition coefficient (Wildman–Crippen LogP) is 3.15. The number of nitrogens with one attached hydrogen (secondary N) is 1. The topological polar surface area (TPSA) is 41.0 Å². The van der Waals surface area contributed by atoms with E-state index in [1.54, 1.807) is 12.4 Å². The SMILES string of the molecule is Clc1ccc(N2CC[C@@H](NCc3cncnc3)C2)c(Cl)c1. The normalized spacial score (nSPS) is 18.2. The van der Waals surface area contributed by atoms with Gasteiger partial charge in [0.15, 0.2) is 0 Å². The molecular weight excluding hydrogens is 307 g/mol. The summed E-state index contributed by atoms with van der Waals surface area (Å²) in [5.74, 6) is 0. The molecule has 1 aliphatic rings. The van der Waals surface area contributed by atoms with Crippen LogP contribution in [-0.4, -0.2) is 29.1 Å². The highest BCUT2D eigenvalue weighted by atomic mass is 35.5. The molecule has 1 aliphatic heterocycles. The molecule has 0 bridgehead atoms. The molecule has 1 aromatic heterocycles. The number of aromatic nitrogens is 2. The second-order valence-electron chi connectivity index (χ2n) is 5.15. The molecule has 2 heterocycles. The molecular formula is C15H16Cl2N4. The minimum absolute atomic E-state index is 0.442. The molecule has 21 heavy (non-hydrogen) atoms. The highest BCUT2D eigenvalue weighted by Crippen LogP contribution is 2.31. The van der Waals surface area contributed by atoms with Gasteiger partial charge in [-0.25, -0.2) is 9.97 Å². The highest BCUT2D eigenvalue weighted by molar-refractivity contribution is 6.36. The van der Waals surface area contributed by atoms with E-state index in [1.807, 2.05) is 24.5 Å². The summed E-state index contributed by atoms with van der Waals surface area (Å²) in [5, 5.41) is 4.91. The molecule has 0 aliphatic carbocycles. The van der Waals surface area contributed by atoms with Crippen LogP contribution in [0.2, 0.25) is 10.0 Å². The molecule has 1 atom stereocenters. The molecule has 1 fully saturated rings. The fourth-order valence-corrected chi connectivity index (χ4v) is 3.09. The lowest BCUT2D eigenvalue weighted by molar-refractivity contribution is 0.550. The Bertz CT molecular complexity index is 606. The van der Waals surface area contributed by atoms with Crippen LogP contribution in [0.25, 0.3) is 0 Å². The number of nitrogens with zero attached hydrogens (tertiary/aromatic N) is 3. The van der Waals surface area contributed by atoms with Gasteiger partial charge < -0.3 is 10.2 Å². The first-order valence-electron chi connectivity index (χ1n) is 6.89. The van der Waals surface area contributed by atoms with Crippen molar-refractivity contribution in [1.29, 1.82) is 0 Å².